The minimum Gasteiger partial charge on any atom is -0.317 e. The molecule has 0 fully saturated rings. The van der Waals surface area contributed by atoms with Gasteiger partial charge in [-0.3, -0.25) is 0 Å². The van der Waals surface area contributed by atoms with Crippen LogP contribution in [0.5, 0.6) is 0 Å². The van der Waals surface area contributed by atoms with Crippen molar-refractivity contribution in [3.63, 3.8) is 0 Å². The number of nitrogens with zero attached hydrogens (tertiary/aromatic N) is 4. The van der Waals surface area contributed by atoms with E-state index in [-0.39, 0.29) is 0 Å². The summed E-state index contributed by atoms with van der Waals surface area (Å²) in [5.41, 5.74) is 0. The van der Waals surface area contributed by atoms with E-state index in [2.05, 4.69) is 34.5 Å². The number of rotatable bonds is 6. The maximum Gasteiger partial charge on any atom is 0.146 e. The van der Waals surface area contributed by atoms with Crippen LogP contribution in [0.1, 0.15) is 18.1 Å². The molecule has 0 spiro atoms. The van der Waals surface area contributed by atoms with E-state index in [1.165, 1.54) is 0 Å². The first-order chi connectivity index (χ1) is 7.11. The zero-order valence-corrected chi connectivity index (χ0v) is 10.1. The summed E-state index contributed by atoms with van der Waals surface area (Å²) in [5.74, 6) is 1.96. The molecule has 1 N–H and O–H groups in total. The zero-order valence-electron chi connectivity index (χ0n) is 10.1. The predicted molar refractivity (Wildman–Crippen MR) is 60.6 cm³/mol. The Kier molecular flexibility index (Phi) is 4.71. The van der Waals surface area contributed by atoms with Crippen molar-refractivity contribution in [1.82, 2.24) is 25.0 Å². The molecule has 1 aromatic heterocycles. The highest BCUT2D eigenvalue weighted by Crippen LogP contribution is 1.96. The van der Waals surface area contributed by atoms with E-state index in [9.17, 15) is 0 Å². The molecule has 0 aliphatic carbocycles. The Morgan fingerprint density at radius 3 is 2.60 bits per heavy atom. The van der Waals surface area contributed by atoms with Crippen molar-refractivity contribution in [1.29, 1.82) is 0 Å². The minimum atomic E-state index is 0.796. The van der Waals surface area contributed by atoms with E-state index < -0.39 is 0 Å². The van der Waals surface area contributed by atoms with Crippen LogP contribution in [-0.4, -0.2) is 46.8 Å². The minimum absolute atomic E-state index is 0.796. The Balaban J connectivity index is 2.18. The summed E-state index contributed by atoms with van der Waals surface area (Å²) in [6.07, 6.45) is 1.16. The molecule has 1 rings (SSSR count). The van der Waals surface area contributed by atoms with E-state index in [4.69, 9.17) is 0 Å². The van der Waals surface area contributed by atoms with Crippen LogP contribution in [0.4, 0.5) is 0 Å². The molecule has 5 nitrogen and oxygen atoms in total. The second-order valence-electron chi connectivity index (χ2n) is 4.06. The molecule has 0 aromatic carbocycles. The number of nitrogens with one attached hydrogen (secondary N) is 1. The van der Waals surface area contributed by atoms with Crippen molar-refractivity contribution in [2.24, 2.45) is 7.05 Å². The van der Waals surface area contributed by atoms with Crippen LogP contribution < -0.4 is 5.32 Å². The van der Waals surface area contributed by atoms with Gasteiger partial charge in [0.05, 0.1) is 6.54 Å². The topological polar surface area (TPSA) is 46.0 Å². The molecule has 0 radical (unpaired) electrons. The van der Waals surface area contributed by atoms with Gasteiger partial charge in [0.25, 0.3) is 0 Å². The van der Waals surface area contributed by atoms with E-state index in [1.807, 2.05) is 18.5 Å². The molecule has 0 saturated carbocycles. The van der Waals surface area contributed by atoms with Gasteiger partial charge < -0.3 is 14.8 Å². The van der Waals surface area contributed by atoms with Gasteiger partial charge in [-0.05, 0) is 40.5 Å². The zero-order chi connectivity index (χ0) is 11.3. The molecule has 86 valence electrons. The molecule has 0 atom stereocenters. The molecule has 0 unspecified atom stereocenters. The summed E-state index contributed by atoms with van der Waals surface area (Å²) < 4.78 is 2.01. The summed E-state index contributed by atoms with van der Waals surface area (Å²) in [6.45, 7) is 4.89. The Hall–Kier alpha value is -0.940. The van der Waals surface area contributed by atoms with Crippen LogP contribution >= 0.6 is 0 Å². The summed E-state index contributed by atoms with van der Waals surface area (Å²) in [6, 6.07) is 0. The van der Waals surface area contributed by atoms with Crippen molar-refractivity contribution in [3.05, 3.63) is 11.6 Å². The van der Waals surface area contributed by atoms with Gasteiger partial charge in [-0.2, -0.15) is 0 Å². The monoisotopic (exact) mass is 211 g/mol. The smallest absolute Gasteiger partial charge is 0.146 e. The Bertz CT molecular complexity index is 292. The lowest BCUT2D eigenvalue weighted by Gasteiger charge is -2.09. The fourth-order valence-corrected chi connectivity index (χ4v) is 1.33. The fourth-order valence-electron chi connectivity index (χ4n) is 1.33. The van der Waals surface area contributed by atoms with Crippen molar-refractivity contribution < 1.29 is 0 Å². The summed E-state index contributed by atoms with van der Waals surface area (Å²) in [7, 11) is 6.17. The van der Waals surface area contributed by atoms with Crippen LogP contribution in [-0.2, 0) is 13.6 Å². The highest BCUT2D eigenvalue weighted by Gasteiger charge is 2.03. The Morgan fingerprint density at radius 1 is 1.33 bits per heavy atom. The van der Waals surface area contributed by atoms with Crippen LogP contribution in [0.15, 0.2) is 0 Å². The second-order valence-corrected chi connectivity index (χ2v) is 4.06. The lowest BCUT2D eigenvalue weighted by Crippen LogP contribution is -2.22. The van der Waals surface area contributed by atoms with Gasteiger partial charge in [-0.15, -0.1) is 10.2 Å². The van der Waals surface area contributed by atoms with Crippen molar-refractivity contribution in [3.8, 4) is 0 Å². The van der Waals surface area contributed by atoms with E-state index in [1.54, 1.807) is 0 Å². The Labute approximate surface area is 91.5 Å². The molecule has 5 heteroatoms. The van der Waals surface area contributed by atoms with Gasteiger partial charge >= 0.3 is 0 Å². The second kappa shape index (κ2) is 5.82. The largest absolute Gasteiger partial charge is 0.317 e. The highest BCUT2D eigenvalue weighted by molar-refractivity contribution is 4.91. The lowest BCUT2D eigenvalue weighted by atomic mass is 10.4. The summed E-state index contributed by atoms with van der Waals surface area (Å²) >= 11 is 0. The number of aromatic nitrogens is 3. The van der Waals surface area contributed by atoms with E-state index in [0.29, 0.717) is 0 Å². The van der Waals surface area contributed by atoms with E-state index in [0.717, 1.165) is 37.7 Å². The molecule has 1 heterocycles. The third kappa shape index (κ3) is 3.97. The SMILES string of the molecule is Cc1nnc(CNCCCN(C)C)n1C. The molecule has 15 heavy (non-hydrogen) atoms. The van der Waals surface area contributed by atoms with Gasteiger partial charge in [-0.1, -0.05) is 0 Å². The quantitative estimate of drug-likeness (QED) is 0.681. The molecule has 0 saturated heterocycles. The molecular formula is C10H21N5. The average molecular weight is 211 g/mol. The third-order valence-electron chi connectivity index (χ3n) is 2.42. The third-order valence-corrected chi connectivity index (χ3v) is 2.42. The molecule has 0 aliphatic heterocycles. The van der Waals surface area contributed by atoms with E-state index >= 15 is 0 Å². The maximum atomic E-state index is 4.09. The number of aryl methyl sites for hydroxylation is 1. The van der Waals surface area contributed by atoms with Crippen molar-refractivity contribution >= 4 is 0 Å². The predicted octanol–water partition coefficient (Wildman–Crippen LogP) is 0.165. The average Bonchev–Trinajstić information content (AvgIpc) is 2.48. The normalized spacial score (nSPS) is 11.3. The standard InChI is InChI=1S/C10H21N5/c1-9-12-13-10(15(9)4)8-11-6-5-7-14(2)3/h11H,5-8H2,1-4H3. The molecule has 1 aromatic rings. The first kappa shape index (κ1) is 12.1. The molecular weight excluding hydrogens is 190 g/mol. The van der Waals surface area contributed by atoms with Gasteiger partial charge in [0.2, 0.25) is 0 Å². The lowest BCUT2D eigenvalue weighted by molar-refractivity contribution is 0.393. The number of hydrogen-bond acceptors (Lipinski definition) is 4. The van der Waals surface area contributed by atoms with Crippen LogP contribution in [0.3, 0.4) is 0 Å². The van der Waals surface area contributed by atoms with Crippen LogP contribution in [0.25, 0.3) is 0 Å². The van der Waals surface area contributed by atoms with Crippen LogP contribution in [0.2, 0.25) is 0 Å². The molecule has 0 aliphatic rings. The highest BCUT2D eigenvalue weighted by atomic mass is 15.3. The van der Waals surface area contributed by atoms with Gasteiger partial charge in [-0.25, -0.2) is 0 Å². The van der Waals surface area contributed by atoms with Crippen molar-refractivity contribution in [2.75, 3.05) is 27.2 Å². The fraction of sp³-hybridized carbons (Fsp3) is 0.800. The van der Waals surface area contributed by atoms with Crippen molar-refractivity contribution in [2.45, 2.75) is 19.9 Å². The first-order valence-corrected chi connectivity index (χ1v) is 5.31. The van der Waals surface area contributed by atoms with Crippen LogP contribution in [0, 0.1) is 6.92 Å². The number of hydrogen-bond donors (Lipinski definition) is 1. The van der Waals surface area contributed by atoms with Gasteiger partial charge in [0.1, 0.15) is 11.6 Å². The maximum absolute atomic E-state index is 4.09. The van der Waals surface area contributed by atoms with Gasteiger partial charge in [0.15, 0.2) is 0 Å². The molecule has 0 bridgehead atoms. The first-order valence-electron chi connectivity index (χ1n) is 5.31. The van der Waals surface area contributed by atoms with Gasteiger partial charge in [0, 0.05) is 7.05 Å². The summed E-state index contributed by atoms with van der Waals surface area (Å²) in [5, 5.41) is 11.5. The Morgan fingerprint density at radius 2 is 2.07 bits per heavy atom. The molecule has 0 amide bonds. The summed E-state index contributed by atoms with van der Waals surface area (Å²) in [4.78, 5) is 2.19.